The predicted molar refractivity (Wildman–Crippen MR) is 108 cm³/mol. The molecule has 0 aromatic heterocycles. The monoisotopic (exact) mass is 374 g/mol. The first-order valence-corrected chi connectivity index (χ1v) is 12.9. The second-order valence-corrected chi connectivity index (χ2v) is 14.5. The van der Waals surface area contributed by atoms with E-state index >= 15 is 0 Å². The van der Waals surface area contributed by atoms with E-state index in [2.05, 4.69) is 59.0 Å². The molecule has 0 radical (unpaired) electrons. The lowest BCUT2D eigenvalue weighted by atomic mass is 9.55. The number of ketones is 1. The average Bonchev–Trinajstić information content (AvgIpc) is 2.54. The van der Waals surface area contributed by atoms with Gasteiger partial charge in [-0.15, -0.1) is 0 Å². The Morgan fingerprint density at radius 3 is 2.62 bits per heavy atom. The molecule has 0 bridgehead atoms. The standard InChI is InChI=1S/C22H34O3Si/c1-7-22-14-20(24)19(23)13-16(22)9-8-15-12-17(10-11-18(15)22)25-26(5,6)21(2,3)4/h10-12,16,19,23H,7-9,13-14H2,1-6H3/t16-,19+,22-/m1/s1. The summed E-state index contributed by atoms with van der Waals surface area (Å²) < 4.78 is 6.51. The van der Waals surface area contributed by atoms with Gasteiger partial charge in [0, 0.05) is 11.8 Å². The number of rotatable bonds is 3. The molecule has 1 fully saturated rings. The summed E-state index contributed by atoms with van der Waals surface area (Å²) in [7, 11) is -1.86. The van der Waals surface area contributed by atoms with Gasteiger partial charge in [-0.25, -0.2) is 0 Å². The van der Waals surface area contributed by atoms with Crippen molar-refractivity contribution in [1.82, 2.24) is 0 Å². The van der Waals surface area contributed by atoms with Crippen molar-refractivity contribution in [2.75, 3.05) is 0 Å². The highest BCUT2D eigenvalue weighted by molar-refractivity contribution is 6.74. The summed E-state index contributed by atoms with van der Waals surface area (Å²) in [6.07, 6.45) is 3.35. The highest BCUT2D eigenvalue weighted by Crippen LogP contribution is 2.52. The SMILES string of the molecule is CC[C@@]12CC(=O)[C@@H](O)C[C@H]1CCc1cc(O[Si](C)(C)C(C)(C)C)ccc12. The first kappa shape index (κ1) is 19.6. The van der Waals surface area contributed by atoms with Gasteiger partial charge in [-0.2, -0.15) is 0 Å². The summed E-state index contributed by atoms with van der Waals surface area (Å²) in [5.41, 5.74) is 2.56. The number of Topliss-reactive ketones (excluding diaryl/α,β-unsaturated/α-hetero) is 1. The molecule has 2 aliphatic carbocycles. The number of hydrogen-bond donors (Lipinski definition) is 1. The average molecular weight is 375 g/mol. The molecule has 1 N–H and O–H groups in total. The molecule has 0 saturated heterocycles. The number of benzene rings is 1. The summed E-state index contributed by atoms with van der Waals surface area (Å²) in [6, 6.07) is 6.53. The van der Waals surface area contributed by atoms with Crippen LogP contribution in [0.5, 0.6) is 5.75 Å². The van der Waals surface area contributed by atoms with E-state index in [0.717, 1.165) is 25.0 Å². The first-order chi connectivity index (χ1) is 12.0. The fourth-order valence-electron chi connectivity index (χ4n) is 4.62. The van der Waals surface area contributed by atoms with Crippen molar-refractivity contribution in [3.63, 3.8) is 0 Å². The van der Waals surface area contributed by atoms with Crippen LogP contribution in [0.4, 0.5) is 0 Å². The van der Waals surface area contributed by atoms with E-state index in [9.17, 15) is 9.90 Å². The number of fused-ring (bicyclic) bond motifs is 3. The minimum Gasteiger partial charge on any atom is -0.543 e. The molecule has 4 heteroatoms. The largest absolute Gasteiger partial charge is 0.543 e. The third-order valence-corrected chi connectivity index (χ3v) is 11.7. The topological polar surface area (TPSA) is 46.5 Å². The van der Waals surface area contributed by atoms with Crippen molar-refractivity contribution in [2.24, 2.45) is 5.92 Å². The van der Waals surface area contributed by atoms with Crippen LogP contribution in [0.1, 0.15) is 64.5 Å². The fraction of sp³-hybridized carbons (Fsp3) is 0.682. The Balaban J connectivity index is 1.95. The smallest absolute Gasteiger partial charge is 0.250 e. The van der Waals surface area contributed by atoms with Gasteiger partial charge in [-0.05, 0) is 73.0 Å². The molecule has 0 spiro atoms. The molecule has 1 saturated carbocycles. The van der Waals surface area contributed by atoms with Crippen LogP contribution in [-0.2, 0) is 16.6 Å². The van der Waals surface area contributed by atoms with E-state index in [1.54, 1.807) is 0 Å². The lowest BCUT2D eigenvalue weighted by molar-refractivity contribution is -0.134. The second kappa shape index (κ2) is 6.49. The van der Waals surface area contributed by atoms with Crippen molar-refractivity contribution in [3.05, 3.63) is 29.3 Å². The van der Waals surface area contributed by atoms with Gasteiger partial charge in [0.25, 0.3) is 0 Å². The second-order valence-electron chi connectivity index (χ2n) is 9.82. The summed E-state index contributed by atoms with van der Waals surface area (Å²) >= 11 is 0. The van der Waals surface area contributed by atoms with E-state index in [4.69, 9.17) is 4.43 Å². The normalized spacial score (nSPS) is 29.1. The van der Waals surface area contributed by atoms with Crippen molar-refractivity contribution in [1.29, 1.82) is 0 Å². The van der Waals surface area contributed by atoms with Gasteiger partial charge in [0.1, 0.15) is 11.9 Å². The Kier molecular flexibility index (Phi) is 4.89. The molecule has 3 rings (SSSR count). The molecule has 3 atom stereocenters. The molecule has 144 valence electrons. The van der Waals surface area contributed by atoms with Crippen molar-refractivity contribution < 1.29 is 14.3 Å². The number of hydrogen-bond acceptors (Lipinski definition) is 3. The maximum atomic E-state index is 12.3. The molecule has 26 heavy (non-hydrogen) atoms. The van der Waals surface area contributed by atoms with Crippen molar-refractivity contribution in [2.45, 2.75) is 89.5 Å². The van der Waals surface area contributed by atoms with Gasteiger partial charge in [0.2, 0.25) is 8.32 Å². The van der Waals surface area contributed by atoms with E-state index < -0.39 is 14.4 Å². The number of aliphatic hydroxyl groups excluding tert-OH is 1. The molecule has 0 amide bonds. The molecule has 0 unspecified atom stereocenters. The zero-order valence-electron chi connectivity index (χ0n) is 17.2. The van der Waals surface area contributed by atoms with Crippen LogP contribution >= 0.6 is 0 Å². The number of carbonyl (C=O) groups is 1. The molecule has 1 aromatic carbocycles. The summed E-state index contributed by atoms with van der Waals surface area (Å²) in [5, 5.41) is 10.2. The van der Waals surface area contributed by atoms with Gasteiger partial charge in [-0.1, -0.05) is 33.8 Å². The Labute approximate surface area is 159 Å². The lowest BCUT2D eigenvalue weighted by Crippen LogP contribution is -2.49. The van der Waals surface area contributed by atoms with Crippen LogP contribution in [0, 0.1) is 5.92 Å². The van der Waals surface area contributed by atoms with Gasteiger partial charge >= 0.3 is 0 Å². The molecule has 0 aliphatic heterocycles. The Hall–Kier alpha value is -1.13. The Morgan fingerprint density at radius 2 is 2.00 bits per heavy atom. The van der Waals surface area contributed by atoms with Gasteiger partial charge in [0.05, 0.1) is 0 Å². The van der Waals surface area contributed by atoms with Crippen LogP contribution in [0.15, 0.2) is 18.2 Å². The maximum Gasteiger partial charge on any atom is 0.250 e. The third kappa shape index (κ3) is 3.16. The van der Waals surface area contributed by atoms with Crippen LogP contribution in [0.2, 0.25) is 18.1 Å². The summed E-state index contributed by atoms with van der Waals surface area (Å²) in [6.45, 7) is 13.5. The van der Waals surface area contributed by atoms with E-state index in [-0.39, 0.29) is 16.2 Å². The van der Waals surface area contributed by atoms with Crippen LogP contribution < -0.4 is 4.43 Å². The van der Waals surface area contributed by atoms with Gasteiger partial charge < -0.3 is 9.53 Å². The molecule has 2 aliphatic rings. The number of aryl methyl sites for hydroxylation is 1. The molecule has 0 heterocycles. The van der Waals surface area contributed by atoms with Crippen molar-refractivity contribution in [3.8, 4) is 5.75 Å². The maximum absolute atomic E-state index is 12.3. The zero-order chi connectivity index (χ0) is 19.3. The van der Waals surface area contributed by atoms with Gasteiger partial charge in [-0.3, -0.25) is 4.79 Å². The van der Waals surface area contributed by atoms with E-state index in [1.165, 1.54) is 11.1 Å². The highest BCUT2D eigenvalue weighted by Gasteiger charge is 2.49. The van der Waals surface area contributed by atoms with Crippen LogP contribution in [0.25, 0.3) is 0 Å². The summed E-state index contributed by atoms with van der Waals surface area (Å²) in [4.78, 5) is 12.3. The van der Waals surface area contributed by atoms with E-state index in [1.807, 2.05) is 0 Å². The zero-order valence-corrected chi connectivity index (χ0v) is 18.2. The number of carbonyl (C=O) groups excluding carboxylic acids is 1. The quantitative estimate of drug-likeness (QED) is 0.757. The molecule has 3 nitrogen and oxygen atoms in total. The highest BCUT2D eigenvalue weighted by atomic mass is 28.4. The van der Waals surface area contributed by atoms with Crippen LogP contribution in [-0.4, -0.2) is 25.3 Å². The predicted octanol–water partition coefficient (Wildman–Crippen LogP) is 5.00. The first-order valence-electron chi connectivity index (χ1n) is 10.0. The van der Waals surface area contributed by atoms with Crippen LogP contribution in [0.3, 0.4) is 0 Å². The fourth-order valence-corrected chi connectivity index (χ4v) is 5.64. The third-order valence-electron chi connectivity index (χ3n) is 7.34. The molecular weight excluding hydrogens is 340 g/mol. The number of aliphatic hydroxyl groups is 1. The molecular formula is C22H34O3Si. The molecule has 1 aromatic rings. The van der Waals surface area contributed by atoms with Gasteiger partial charge in [0.15, 0.2) is 5.78 Å². The van der Waals surface area contributed by atoms with E-state index in [0.29, 0.717) is 18.8 Å². The van der Waals surface area contributed by atoms with Crippen molar-refractivity contribution >= 4 is 14.1 Å². The Morgan fingerprint density at radius 1 is 1.31 bits per heavy atom. The lowest BCUT2D eigenvalue weighted by Gasteiger charge is -2.49. The summed E-state index contributed by atoms with van der Waals surface area (Å²) in [5.74, 6) is 1.39. The Bertz CT molecular complexity index is 704. The minimum atomic E-state index is -1.86. The minimum absolute atomic E-state index is 0.0116.